The van der Waals surface area contributed by atoms with Crippen molar-refractivity contribution in [1.82, 2.24) is 15.0 Å². The summed E-state index contributed by atoms with van der Waals surface area (Å²) in [5, 5.41) is 7.05. The Morgan fingerprint density at radius 2 is 1.63 bits per heavy atom. The predicted octanol–water partition coefficient (Wildman–Crippen LogP) is 2.02. The van der Waals surface area contributed by atoms with Crippen LogP contribution in [0.1, 0.15) is 19.5 Å². The second-order valence-electron chi connectivity index (χ2n) is 4.59. The molecule has 2 rings (SSSR count). The maximum atomic E-state index is 13.5. The molecule has 0 atom stereocenters. The van der Waals surface area contributed by atoms with E-state index in [1.807, 2.05) is 0 Å². The fourth-order valence-corrected chi connectivity index (χ4v) is 1.43. The number of nitrogens with two attached hydrogens (primary N) is 1. The fraction of sp³-hybridized carbons (Fsp3) is 0.273. The lowest BCUT2D eigenvalue weighted by atomic mass is 10.0. The Hall–Kier alpha value is -1.96. The van der Waals surface area contributed by atoms with Crippen molar-refractivity contribution in [2.75, 3.05) is 0 Å². The van der Waals surface area contributed by atoms with Gasteiger partial charge in [-0.05, 0) is 13.8 Å². The van der Waals surface area contributed by atoms with Crippen molar-refractivity contribution in [2.45, 2.75) is 19.4 Å². The lowest BCUT2D eigenvalue weighted by Gasteiger charge is -2.13. The van der Waals surface area contributed by atoms with Gasteiger partial charge in [0.25, 0.3) is 0 Å². The fourth-order valence-electron chi connectivity index (χ4n) is 1.43. The molecule has 2 aromatic rings. The van der Waals surface area contributed by atoms with Gasteiger partial charge in [-0.15, -0.1) is 5.10 Å². The monoisotopic (exact) mass is 274 g/mol. The van der Waals surface area contributed by atoms with Crippen molar-refractivity contribution in [3.63, 3.8) is 0 Å². The number of halogens is 4. The Morgan fingerprint density at radius 1 is 1.11 bits per heavy atom. The zero-order valence-electron chi connectivity index (χ0n) is 10.1. The quantitative estimate of drug-likeness (QED) is 0.673. The highest BCUT2D eigenvalue weighted by Gasteiger charge is 2.24. The Labute approximate surface area is 105 Å². The van der Waals surface area contributed by atoms with E-state index in [1.165, 1.54) is 0 Å². The molecule has 1 aromatic heterocycles. The van der Waals surface area contributed by atoms with Gasteiger partial charge in [0.15, 0.2) is 23.3 Å². The molecule has 2 N–H and O–H groups in total. The number of rotatable bonds is 2. The van der Waals surface area contributed by atoms with Gasteiger partial charge in [0.1, 0.15) is 11.4 Å². The molecule has 0 aliphatic rings. The van der Waals surface area contributed by atoms with E-state index in [0.717, 1.165) is 6.20 Å². The van der Waals surface area contributed by atoms with Crippen molar-refractivity contribution < 1.29 is 17.6 Å². The van der Waals surface area contributed by atoms with Crippen LogP contribution in [0.25, 0.3) is 5.69 Å². The zero-order chi connectivity index (χ0) is 14.4. The minimum Gasteiger partial charge on any atom is -0.320 e. The molecular formula is C11H10F4N4. The molecule has 0 saturated carbocycles. The Morgan fingerprint density at radius 3 is 2.05 bits per heavy atom. The first-order valence-corrected chi connectivity index (χ1v) is 5.27. The minimum absolute atomic E-state index is 0.124. The van der Waals surface area contributed by atoms with Crippen LogP contribution in [0.15, 0.2) is 12.3 Å². The normalized spacial score (nSPS) is 11.9. The van der Waals surface area contributed by atoms with Crippen molar-refractivity contribution in [1.29, 1.82) is 0 Å². The van der Waals surface area contributed by atoms with Gasteiger partial charge in [-0.1, -0.05) is 5.21 Å². The van der Waals surface area contributed by atoms with Crippen LogP contribution in [0.5, 0.6) is 0 Å². The molecule has 102 valence electrons. The van der Waals surface area contributed by atoms with Crippen LogP contribution in [-0.2, 0) is 5.54 Å². The third kappa shape index (κ3) is 2.30. The van der Waals surface area contributed by atoms with Crippen LogP contribution in [0.3, 0.4) is 0 Å². The topological polar surface area (TPSA) is 56.7 Å². The lowest BCUT2D eigenvalue weighted by molar-refractivity contribution is 0.443. The molecule has 0 aliphatic carbocycles. The van der Waals surface area contributed by atoms with E-state index in [9.17, 15) is 17.6 Å². The smallest absolute Gasteiger partial charge is 0.187 e. The van der Waals surface area contributed by atoms with Crippen LogP contribution in [-0.4, -0.2) is 15.0 Å². The van der Waals surface area contributed by atoms with Crippen LogP contribution in [0, 0.1) is 23.3 Å². The van der Waals surface area contributed by atoms with E-state index in [4.69, 9.17) is 5.73 Å². The highest BCUT2D eigenvalue weighted by molar-refractivity contribution is 5.36. The first-order chi connectivity index (χ1) is 8.71. The molecule has 0 spiro atoms. The molecule has 0 unspecified atom stereocenters. The van der Waals surface area contributed by atoms with Crippen molar-refractivity contribution in [2.24, 2.45) is 5.73 Å². The second kappa shape index (κ2) is 4.30. The van der Waals surface area contributed by atoms with Crippen molar-refractivity contribution in [3.8, 4) is 5.69 Å². The molecule has 1 heterocycles. The third-order valence-electron chi connectivity index (χ3n) is 2.47. The van der Waals surface area contributed by atoms with Gasteiger partial charge in [-0.2, -0.15) is 0 Å². The van der Waals surface area contributed by atoms with Gasteiger partial charge in [0.05, 0.1) is 11.7 Å². The molecule has 0 radical (unpaired) electrons. The van der Waals surface area contributed by atoms with E-state index in [0.29, 0.717) is 4.68 Å². The van der Waals surface area contributed by atoms with Gasteiger partial charge in [0.2, 0.25) is 0 Å². The van der Waals surface area contributed by atoms with Crippen LogP contribution in [0.2, 0.25) is 0 Å². The van der Waals surface area contributed by atoms with Crippen LogP contribution >= 0.6 is 0 Å². The molecule has 0 amide bonds. The van der Waals surface area contributed by atoms with Gasteiger partial charge in [-0.25, -0.2) is 22.2 Å². The van der Waals surface area contributed by atoms with Crippen molar-refractivity contribution >= 4 is 0 Å². The number of aromatic nitrogens is 3. The first kappa shape index (κ1) is 13.5. The largest absolute Gasteiger partial charge is 0.320 e. The van der Waals surface area contributed by atoms with Gasteiger partial charge < -0.3 is 5.73 Å². The number of hydrogen-bond donors (Lipinski definition) is 1. The molecular weight excluding hydrogens is 264 g/mol. The molecule has 0 fully saturated rings. The van der Waals surface area contributed by atoms with Crippen LogP contribution in [0.4, 0.5) is 17.6 Å². The van der Waals surface area contributed by atoms with E-state index in [2.05, 4.69) is 10.3 Å². The standard InChI is InChI=1S/C11H10F4N4/c1-11(2,16)7-4-19(18-17-7)10-8(14)5(12)3-6(13)9(10)15/h3-4H,16H2,1-2H3. The summed E-state index contributed by atoms with van der Waals surface area (Å²) in [7, 11) is 0. The summed E-state index contributed by atoms with van der Waals surface area (Å²) in [5.41, 5.74) is 4.07. The van der Waals surface area contributed by atoms with Crippen LogP contribution < -0.4 is 5.73 Å². The third-order valence-corrected chi connectivity index (χ3v) is 2.47. The molecule has 19 heavy (non-hydrogen) atoms. The molecule has 0 aliphatic heterocycles. The summed E-state index contributed by atoms with van der Waals surface area (Å²) in [6.07, 6.45) is 1.11. The number of hydrogen-bond acceptors (Lipinski definition) is 3. The van der Waals surface area contributed by atoms with Gasteiger partial charge in [0, 0.05) is 6.07 Å². The predicted molar refractivity (Wildman–Crippen MR) is 58.4 cm³/mol. The highest BCUT2D eigenvalue weighted by atomic mass is 19.2. The Bertz CT molecular complexity index is 604. The molecule has 0 bridgehead atoms. The first-order valence-electron chi connectivity index (χ1n) is 5.27. The van der Waals surface area contributed by atoms with E-state index in [-0.39, 0.29) is 11.8 Å². The SMILES string of the molecule is CC(C)(N)c1cn(-c2c(F)c(F)cc(F)c2F)nn1. The number of benzene rings is 1. The van der Waals surface area contributed by atoms with E-state index in [1.54, 1.807) is 13.8 Å². The summed E-state index contributed by atoms with van der Waals surface area (Å²) in [5.74, 6) is -6.13. The van der Waals surface area contributed by atoms with Gasteiger partial charge >= 0.3 is 0 Å². The van der Waals surface area contributed by atoms with Gasteiger partial charge in [-0.3, -0.25) is 0 Å². The van der Waals surface area contributed by atoms with E-state index < -0.39 is 34.5 Å². The summed E-state index contributed by atoms with van der Waals surface area (Å²) in [4.78, 5) is 0. The number of nitrogens with zero attached hydrogens (tertiary/aromatic N) is 3. The molecule has 8 heteroatoms. The summed E-state index contributed by atoms with van der Waals surface area (Å²) < 4.78 is 53.8. The lowest BCUT2D eigenvalue weighted by Crippen LogP contribution is -2.29. The molecule has 4 nitrogen and oxygen atoms in total. The summed E-state index contributed by atoms with van der Waals surface area (Å²) in [6, 6.07) is 0.124. The summed E-state index contributed by atoms with van der Waals surface area (Å²) >= 11 is 0. The maximum Gasteiger partial charge on any atom is 0.187 e. The Kier molecular flexibility index (Phi) is 3.05. The molecule has 0 saturated heterocycles. The molecule has 1 aromatic carbocycles. The average molecular weight is 274 g/mol. The second-order valence-corrected chi connectivity index (χ2v) is 4.59. The summed E-state index contributed by atoms with van der Waals surface area (Å²) in [6.45, 7) is 3.19. The Balaban J connectivity index is 2.63. The minimum atomic E-state index is -1.55. The average Bonchev–Trinajstić information content (AvgIpc) is 2.76. The van der Waals surface area contributed by atoms with Crippen molar-refractivity contribution in [3.05, 3.63) is 41.2 Å². The highest BCUT2D eigenvalue weighted by Crippen LogP contribution is 2.23. The van der Waals surface area contributed by atoms with E-state index >= 15 is 0 Å². The zero-order valence-corrected chi connectivity index (χ0v) is 10.1. The maximum absolute atomic E-state index is 13.5.